The van der Waals surface area contributed by atoms with Crippen LogP contribution in [0.4, 0.5) is 5.69 Å². The summed E-state index contributed by atoms with van der Waals surface area (Å²) < 4.78 is 4.88. The molecule has 8 heteroatoms. The number of ether oxygens (including phenoxy) is 1. The molecule has 0 aliphatic carbocycles. The number of hydrogen-bond donors (Lipinski definition) is 2. The average molecular weight is 389 g/mol. The summed E-state index contributed by atoms with van der Waals surface area (Å²) in [6, 6.07) is 7.42. The van der Waals surface area contributed by atoms with Gasteiger partial charge in [0.25, 0.3) is 5.91 Å². The number of rotatable bonds is 4. The minimum atomic E-state index is -0.813. The molecule has 2 aromatic rings. The molecule has 2 aromatic carbocycles. The number of amides is 1. The smallest absolute Gasteiger partial charge is 0.342 e. The van der Waals surface area contributed by atoms with E-state index in [9.17, 15) is 14.7 Å². The highest BCUT2D eigenvalue weighted by Crippen LogP contribution is 2.32. The van der Waals surface area contributed by atoms with E-state index in [0.717, 1.165) is 0 Å². The van der Waals surface area contributed by atoms with Gasteiger partial charge in [-0.05, 0) is 30.7 Å². The largest absolute Gasteiger partial charge is 0.507 e. The fourth-order valence-electron chi connectivity index (χ4n) is 1.84. The van der Waals surface area contributed by atoms with Crippen LogP contribution >= 0.6 is 34.8 Å². The molecule has 0 saturated heterocycles. The second-order valence-corrected chi connectivity index (χ2v) is 6.06. The van der Waals surface area contributed by atoms with E-state index in [1.165, 1.54) is 18.2 Å². The Bertz CT molecular complexity index is 808. The Morgan fingerprint density at radius 3 is 2.50 bits per heavy atom. The normalized spacial score (nSPS) is 10.3. The van der Waals surface area contributed by atoms with Crippen LogP contribution in [0.2, 0.25) is 15.1 Å². The number of para-hydroxylation sites is 1. The number of halogens is 3. The van der Waals surface area contributed by atoms with Crippen molar-refractivity contribution in [2.75, 3.05) is 11.9 Å². The van der Waals surface area contributed by atoms with Crippen LogP contribution in [0.5, 0.6) is 5.75 Å². The van der Waals surface area contributed by atoms with E-state index in [0.29, 0.717) is 5.56 Å². The SMILES string of the molecule is Cc1cccc(C(=O)OCC(=O)Nc2cc(Cl)c(Cl)cc2Cl)c1O. The lowest BCUT2D eigenvalue weighted by Crippen LogP contribution is -2.21. The van der Waals surface area contributed by atoms with E-state index >= 15 is 0 Å². The molecular weight excluding hydrogens is 377 g/mol. The van der Waals surface area contributed by atoms with Gasteiger partial charge in [-0.2, -0.15) is 0 Å². The van der Waals surface area contributed by atoms with Gasteiger partial charge in [-0.3, -0.25) is 4.79 Å². The molecule has 0 aromatic heterocycles. The van der Waals surface area contributed by atoms with Crippen molar-refractivity contribution in [1.29, 1.82) is 0 Å². The third-order valence-electron chi connectivity index (χ3n) is 3.08. The number of benzene rings is 2. The lowest BCUT2D eigenvalue weighted by Gasteiger charge is -2.10. The molecule has 1 amide bonds. The fraction of sp³-hybridized carbons (Fsp3) is 0.125. The number of aromatic hydroxyl groups is 1. The van der Waals surface area contributed by atoms with Crippen molar-refractivity contribution < 1.29 is 19.4 Å². The molecule has 0 radical (unpaired) electrons. The molecule has 24 heavy (non-hydrogen) atoms. The summed E-state index contributed by atoms with van der Waals surface area (Å²) in [6.07, 6.45) is 0. The maximum Gasteiger partial charge on any atom is 0.342 e. The number of phenolic OH excluding ortho intramolecular Hbond substituents is 1. The Hall–Kier alpha value is -1.95. The van der Waals surface area contributed by atoms with Gasteiger partial charge < -0.3 is 15.2 Å². The summed E-state index contributed by atoms with van der Waals surface area (Å²) in [5.41, 5.74) is 0.748. The van der Waals surface area contributed by atoms with Crippen LogP contribution in [-0.2, 0) is 9.53 Å². The summed E-state index contributed by atoms with van der Waals surface area (Å²) in [4.78, 5) is 23.8. The third kappa shape index (κ3) is 4.32. The van der Waals surface area contributed by atoms with E-state index in [2.05, 4.69) is 5.32 Å². The van der Waals surface area contributed by atoms with E-state index in [-0.39, 0.29) is 32.1 Å². The summed E-state index contributed by atoms with van der Waals surface area (Å²) in [5, 5.41) is 12.9. The first kappa shape index (κ1) is 18.4. The molecule has 126 valence electrons. The molecule has 0 saturated carbocycles. The first-order valence-corrected chi connectivity index (χ1v) is 7.83. The first-order valence-electron chi connectivity index (χ1n) is 6.69. The fourth-order valence-corrected chi connectivity index (χ4v) is 2.43. The van der Waals surface area contributed by atoms with Gasteiger partial charge >= 0.3 is 5.97 Å². The zero-order chi connectivity index (χ0) is 17.9. The summed E-state index contributed by atoms with van der Waals surface area (Å²) in [5.74, 6) is -1.61. The third-order valence-corrected chi connectivity index (χ3v) is 4.11. The van der Waals surface area contributed by atoms with Crippen LogP contribution in [0, 0.1) is 6.92 Å². The minimum Gasteiger partial charge on any atom is -0.507 e. The second kappa shape index (κ2) is 7.75. The van der Waals surface area contributed by atoms with Gasteiger partial charge in [-0.15, -0.1) is 0 Å². The van der Waals surface area contributed by atoms with Crippen molar-refractivity contribution in [3.63, 3.8) is 0 Å². The predicted molar refractivity (Wildman–Crippen MR) is 93.2 cm³/mol. The van der Waals surface area contributed by atoms with E-state index in [1.807, 2.05) is 0 Å². The minimum absolute atomic E-state index is 0.0182. The Morgan fingerprint density at radius 2 is 1.79 bits per heavy atom. The number of nitrogens with one attached hydrogen (secondary N) is 1. The molecule has 0 bridgehead atoms. The molecule has 0 aliphatic heterocycles. The van der Waals surface area contributed by atoms with Crippen LogP contribution in [0.3, 0.4) is 0 Å². The first-order chi connectivity index (χ1) is 11.3. The lowest BCUT2D eigenvalue weighted by atomic mass is 10.1. The zero-order valence-corrected chi connectivity index (χ0v) is 14.7. The van der Waals surface area contributed by atoms with Gasteiger partial charge in [0.1, 0.15) is 11.3 Å². The van der Waals surface area contributed by atoms with Crippen LogP contribution in [0.25, 0.3) is 0 Å². The average Bonchev–Trinajstić information content (AvgIpc) is 2.53. The molecule has 0 fully saturated rings. The maximum absolute atomic E-state index is 11.9. The highest BCUT2D eigenvalue weighted by molar-refractivity contribution is 6.44. The van der Waals surface area contributed by atoms with E-state index in [4.69, 9.17) is 39.5 Å². The van der Waals surface area contributed by atoms with Crippen LogP contribution in [0.15, 0.2) is 30.3 Å². The van der Waals surface area contributed by atoms with Gasteiger partial charge in [-0.25, -0.2) is 4.79 Å². The van der Waals surface area contributed by atoms with Gasteiger partial charge in [0.2, 0.25) is 0 Å². The molecule has 0 atom stereocenters. The highest BCUT2D eigenvalue weighted by atomic mass is 35.5. The monoisotopic (exact) mass is 387 g/mol. The Kier molecular flexibility index (Phi) is 5.94. The van der Waals surface area contributed by atoms with Gasteiger partial charge in [-0.1, -0.05) is 46.9 Å². The maximum atomic E-state index is 11.9. The predicted octanol–water partition coefficient (Wildman–Crippen LogP) is 4.46. The number of phenols is 1. The number of hydrogen-bond acceptors (Lipinski definition) is 4. The van der Waals surface area contributed by atoms with Crippen LogP contribution in [-0.4, -0.2) is 23.6 Å². The number of aryl methyl sites for hydroxylation is 1. The number of anilines is 1. The number of carbonyl (C=O) groups excluding carboxylic acids is 2. The molecular formula is C16H12Cl3NO4. The topological polar surface area (TPSA) is 75.6 Å². The van der Waals surface area contributed by atoms with E-state index < -0.39 is 18.5 Å². The molecule has 2 N–H and O–H groups in total. The van der Waals surface area contributed by atoms with Gasteiger partial charge in [0.05, 0.1) is 20.8 Å². The number of esters is 1. The van der Waals surface area contributed by atoms with Gasteiger partial charge in [0.15, 0.2) is 6.61 Å². The Balaban J connectivity index is 2.00. The zero-order valence-electron chi connectivity index (χ0n) is 12.4. The Labute approximate surface area is 153 Å². The Morgan fingerprint density at radius 1 is 1.12 bits per heavy atom. The molecule has 0 spiro atoms. The van der Waals surface area contributed by atoms with Crippen molar-refractivity contribution in [2.45, 2.75) is 6.92 Å². The molecule has 0 heterocycles. The van der Waals surface area contributed by atoms with Crippen LogP contribution in [0.1, 0.15) is 15.9 Å². The van der Waals surface area contributed by atoms with Crippen molar-refractivity contribution in [1.82, 2.24) is 0 Å². The summed E-state index contributed by atoms with van der Waals surface area (Å²) >= 11 is 17.6. The second-order valence-electron chi connectivity index (χ2n) is 4.84. The standard InChI is InChI=1S/C16H12Cl3NO4/c1-8-3-2-4-9(15(8)22)16(23)24-7-14(21)20-13-6-11(18)10(17)5-12(13)19/h2-6,22H,7H2,1H3,(H,20,21). The van der Waals surface area contributed by atoms with Gasteiger partial charge in [0, 0.05) is 0 Å². The summed E-state index contributed by atoms with van der Waals surface area (Å²) in [7, 11) is 0. The molecule has 0 aliphatic rings. The van der Waals surface area contributed by atoms with Crippen molar-refractivity contribution in [3.05, 3.63) is 56.5 Å². The summed E-state index contributed by atoms with van der Waals surface area (Å²) in [6.45, 7) is 1.09. The lowest BCUT2D eigenvalue weighted by molar-refractivity contribution is -0.119. The molecule has 5 nitrogen and oxygen atoms in total. The molecule has 2 rings (SSSR count). The van der Waals surface area contributed by atoms with E-state index in [1.54, 1.807) is 19.1 Å². The van der Waals surface area contributed by atoms with Crippen molar-refractivity contribution >= 4 is 52.4 Å². The van der Waals surface area contributed by atoms with Crippen LogP contribution < -0.4 is 5.32 Å². The van der Waals surface area contributed by atoms with Crippen molar-refractivity contribution in [3.8, 4) is 5.75 Å². The number of carbonyl (C=O) groups is 2. The highest BCUT2D eigenvalue weighted by Gasteiger charge is 2.16. The van der Waals surface area contributed by atoms with Crippen molar-refractivity contribution in [2.24, 2.45) is 0 Å². The quantitative estimate of drug-likeness (QED) is 0.599. The molecule has 0 unspecified atom stereocenters.